The van der Waals surface area contributed by atoms with Crippen molar-refractivity contribution >= 4 is 35.3 Å². The van der Waals surface area contributed by atoms with E-state index in [2.05, 4.69) is 0 Å². The predicted molar refractivity (Wildman–Crippen MR) is 122 cm³/mol. The average Bonchev–Trinajstić information content (AvgIpc) is 3.03. The van der Waals surface area contributed by atoms with Crippen LogP contribution in [0.2, 0.25) is 5.02 Å². The molecular formula is C25H24ClNO5. The Bertz CT molecular complexity index is 1040. The fraction of sp³-hybridized carbons (Fsp3) is 0.240. The van der Waals surface area contributed by atoms with Gasteiger partial charge in [0.2, 0.25) is 0 Å². The molecule has 0 spiro atoms. The van der Waals surface area contributed by atoms with E-state index in [1.165, 1.54) is 11.0 Å². The summed E-state index contributed by atoms with van der Waals surface area (Å²) in [4.78, 5) is 38.0. The first kappa shape index (κ1) is 23.3. The van der Waals surface area contributed by atoms with Gasteiger partial charge in [0, 0.05) is 18.0 Å². The predicted octanol–water partition coefficient (Wildman–Crippen LogP) is 4.96. The largest absolute Gasteiger partial charge is 0.503 e. The lowest BCUT2D eigenvalue weighted by Gasteiger charge is -2.26. The number of aliphatic carboxylic acids is 1. The molecule has 0 radical (unpaired) electrons. The minimum Gasteiger partial charge on any atom is -0.503 e. The molecule has 6 nitrogen and oxygen atoms in total. The maximum Gasteiger partial charge on any atom is 0.303 e. The number of halogens is 1. The number of nitrogens with zero attached hydrogens (tertiary/aromatic N) is 1. The molecule has 1 aliphatic rings. The summed E-state index contributed by atoms with van der Waals surface area (Å²) in [5, 5.41) is 19.9. The first-order valence-electron chi connectivity index (χ1n) is 10.4. The van der Waals surface area contributed by atoms with Crippen molar-refractivity contribution in [1.82, 2.24) is 4.90 Å². The van der Waals surface area contributed by atoms with E-state index in [1.807, 2.05) is 30.3 Å². The number of benzene rings is 2. The Balaban J connectivity index is 1.85. The zero-order chi connectivity index (χ0) is 23.1. The van der Waals surface area contributed by atoms with Crippen LogP contribution in [-0.2, 0) is 14.4 Å². The highest BCUT2D eigenvalue weighted by molar-refractivity contribution is 6.30. The highest BCUT2D eigenvalue weighted by atomic mass is 35.5. The number of hydrogen-bond donors (Lipinski definition) is 2. The minimum absolute atomic E-state index is 0.0232. The Kier molecular flexibility index (Phi) is 7.84. The van der Waals surface area contributed by atoms with Gasteiger partial charge in [-0.1, -0.05) is 66.6 Å². The molecule has 1 unspecified atom stereocenters. The van der Waals surface area contributed by atoms with Gasteiger partial charge in [-0.2, -0.15) is 0 Å². The topological polar surface area (TPSA) is 94.9 Å². The molecule has 2 N–H and O–H groups in total. The molecule has 166 valence electrons. The fourth-order valence-corrected chi connectivity index (χ4v) is 3.81. The van der Waals surface area contributed by atoms with Crippen LogP contribution in [0.15, 0.2) is 72.0 Å². The number of aliphatic hydroxyl groups excluding tert-OH is 1. The Morgan fingerprint density at radius 1 is 1.00 bits per heavy atom. The Morgan fingerprint density at radius 2 is 1.69 bits per heavy atom. The zero-order valence-corrected chi connectivity index (χ0v) is 18.2. The molecule has 1 heterocycles. The van der Waals surface area contributed by atoms with E-state index in [0.717, 1.165) is 5.56 Å². The lowest BCUT2D eigenvalue weighted by Crippen LogP contribution is -2.32. The molecule has 2 aromatic carbocycles. The lowest BCUT2D eigenvalue weighted by molar-refractivity contribution is -0.137. The molecule has 1 atom stereocenters. The number of aliphatic hydroxyl groups is 1. The van der Waals surface area contributed by atoms with Crippen molar-refractivity contribution in [2.45, 2.75) is 31.7 Å². The van der Waals surface area contributed by atoms with Gasteiger partial charge in [0.25, 0.3) is 5.91 Å². The smallest absolute Gasteiger partial charge is 0.303 e. The quantitative estimate of drug-likeness (QED) is 0.391. The summed E-state index contributed by atoms with van der Waals surface area (Å²) in [6.45, 7) is 0.287. The van der Waals surface area contributed by atoms with Crippen LogP contribution >= 0.6 is 11.6 Å². The van der Waals surface area contributed by atoms with Crippen LogP contribution in [-0.4, -0.2) is 39.3 Å². The SMILES string of the molecule is O=C(O)CCCCCN1C(=O)C(O)=C(C(=O)C=Cc2ccccc2)C1c1ccc(Cl)cc1. The number of rotatable bonds is 10. The molecule has 2 aromatic rings. The molecule has 0 bridgehead atoms. The van der Waals surface area contributed by atoms with Crippen LogP contribution in [0.4, 0.5) is 0 Å². The van der Waals surface area contributed by atoms with Gasteiger partial charge in [-0.25, -0.2) is 0 Å². The van der Waals surface area contributed by atoms with Crippen molar-refractivity contribution in [3.05, 3.63) is 88.2 Å². The lowest BCUT2D eigenvalue weighted by atomic mass is 9.95. The molecule has 7 heteroatoms. The maximum absolute atomic E-state index is 13.0. The summed E-state index contributed by atoms with van der Waals surface area (Å²) in [5.74, 6) is -2.48. The number of carboxylic acid groups (broad SMARTS) is 1. The van der Waals surface area contributed by atoms with E-state index in [-0.39, 0.29) is 18.5 Å². The van der Waals surface area contributed by atoms with Gasteiger partial charge in [-0.15, -0.1) is 0 Å². The van der Waals surface area contributed by atoms with Crippen LogP contribution in [0.5, 0.6) is 0 Å². The molecule has 0 saturated heterocycles. The number of allylic oxidation sites excluding steroid dienone is 1. The second-order valence-corrected chi connectivity index (χ2v) is 7.96. The maximum atomic E-state index is 13.0. The van der Waals surface area contributed by atoms with Crippen molar-refractivity contribution in [2.75, 3.05) is 6.54 Å². The molecule has 0 saturated carbocycles. The Labute approximate surface area is 191 Å². The van der Waals surface area contributed by atoms with Gasteiger partial charge in [-0.05, 0) is 42.2 Å². The van der Waals surface area contributed by atoms with Crippen molar-refractivity contribution in [3.63, 3.8) is 0 Å². The average molecular weight is 454 g/mol. The number of ketones is 1. The summed E-state index contributed by atoms with van der Waals surface area (Å²) in [6, 6.07) is 15.3. The van der Waals surface area contributed by atoms with Crippen molar-refractivity contribution in [3.8, 4) is 0 Å². The second-order valence-electron chi connectivity index (χ2n) is 7.53. The van der Waals surface area contributed by atoms with Gasteiger partial charge in [0.15, 0.2) is 11.5 Å². The minimum atomic E-state index is -0.862. The van der Waals surface area contributed by atoms with E-state index in [1.54, 1.807) is 30.3 Å². The number of carbonyl (C=O) groups excluding carboxylic acids is 2. The van der Waals surface area contributed by atoms with Crippen LogP contribution < -0.4 is 0 Å². The number of unbranched alkanes of at least 4 members (excludes halogenated alkanes) is 2. The molecule has 0 aromatic heterocycles. The molecule has 0 fully saturated rings. The van der Waals surface area contributed by atoms with Crippen molar-refractivity contribution in [2.24, 2.45) is 0 Å². The van der Waals surface area contributed by atoms with Gasteiger partial charge >= 0.3 is 5.97 Å². The second kappa shape index (κ2) is 10.8. The zero-order valence-electron chi connectivity index (χ0n) is 17.4. The van der Waals surface area contributed by atoms with Crippen LogP contribution in [0.25, 0.3) is 6.08 Å². The summed E-state index contributed by atoms with van der Waals surface area (Å²) < 4.78 is 0. The number of amides is 1. The monoisotopic (exact) mass is 453 g/mol. The number of hydrogen-bond acceptors (Lipinski definition) is 4. The molecule has 1 aliphatic heterocycles. The van der Waals surface area contributed by atoms with Crippen LogP contribution in [0.1, 0.15) is 42.9 Å². The standard InChI is InChI=1S/C25H24ClNO5/c26-19-13-11-18(12-14-19)23-22(20(28)15-10-17-7-3-1-4-8-17)24(31)25(32)27(23)16-6-2-5-9-21(29)30/h1,3-4,7-8,10-15,23,31H,2,5-6,9,16H2,(H,29,30). The fourth-order valence-electron chi connectivity index (χ4n) is 3.69. The number of carbonyl (C=O) groups is 3. The highest BCUT2D eigenvalue weighted by Gasteiger charge is 2.42. The van der Waals surface area contributed by atoms with Crippen molar-refractivity contribution in [1.29, 1.82) is 0 Å². The first-order valence-corrected chi connectivity index (χ1v) is 10.7. The Morgan fingerprint density at radius 3 is 2.34 bits per heavy atom. The third-order valence-corrected chi connectivity index (χ3v) is 5.52. The molecule has 3 rings (SSSR count). The highest BCUT2D eigenvalue weighted by Crippen LogP contribution is 2.38. The van der Waals surface area contributed by atoms with Gasteiger partial charge in [-0.3, -0.25) is 14.4 Å². The summed E-state index contributed by atoms with van der Waals surface area (Å²) in [7, 11) is 0. The number of carboxylic acids is 1. The third kappa shape index (κ3) is 5.65. The summed E-state index contributed by atoms with van der Waals surface area (Å²) >= 11 is 6.00. The van der Waals surface area contributed by atoms with Gasteiger partial charge in [0.05, 0.1) is 11.6 Å². The van der Waals surface area contributed by atoms with Gasteiger partial charge < -0.3 is 15.1 Å². The molecule has 32 heavy (non-hydrogen) atoms. The van der Waals surface area contributed by atoms with Crippen LogP contribution in [0.3, 0.4) is 0 Å². The van der Waals surface area contributed by atoms with E-state index < -0.39 is 29.5 Å². The Hall–Kier alpha value is -3.38. The van der Waals surface area contributed by atoms with Crippen LogP contribution in [0, 0.1) is 0 Å². The normalized spacial score (nSPS) is 16.2. The van der Waals surface area contributed by atoms with E-state index in [0.29, 0.717) is 29.8 Å². The molecule has 0 aliphatic carbocycles. The van der Waals surface area contributed by atoms with E-state index >= 15 is 0 Å². The third-order valence-electron chi connectivity index (χ3n) is 5.27. The van der Waals surface area contributed by atoms with Crippen molar-refractivity contribution < 1.29 is 24.6 Å². The molecular weight excluding hydrogens is 430 g/mol. The van der Waals surface area contributed by atoms with Gasteiger partial charge in [0.1, 0.15) is 0 Å². The van der Waals surface area contributed by atoms with E-state index in [9.17, 15) is 19.5 Å². The summed E-state index contributed by atoms with van der Waals surface area (Å²) in [5.41, 5.74) is 1.51. The summed E-state index contributed by atoms with van der Waals surface area (Å²) in [6.07, 6.45) is 4.72. The molecule has 1 amide bonds. The first-order chi connectivity index (χ1) is 15.4. The van der Waals surface area contributed by atoms with E-state index in [4.69, 9.17) is 16.7 Å².